The first kappa shape index (κ1) is 30.0. The summed E-state index contributed by atoms with van der Waals surface area (Å²) >= 11 is 0. The number of ether oxygens (including phenoxy) is 2. The molecule has 0 saturated carbocycles. The highest BCUT2D eigenvalue weighted by Crippen LogP contribution is 2.19. The van der Waals surface area contributed by atoms with Crippen LogP contribution in [-0.4, -0.2) is 56.0 Å². The number of rotatable bonds is 5. The number of carbonyl (C=O) groups excluding carboxylic acids is 4. The second kappa shape index (κ2) is 13.9. The van der Waals surface area contributed by atoms with Gasteiger partial charge in [-0.3, -0.25) is 39.6 Å². The molecule has 0 spiro atoms. The molecule has 13 nitrogen and oxygen atoms in total. The average Bonchev–Trinajstić information content (AvgIpc) is 2.86. The van der Waals surface area contributed by atoms with Gasteiger partial charge < -0.3 is 9.47 Å². The molecule has 2 aromatic heterocycles. The average molecular weight is 535 g/mol. The zero-order valence-electron chi connectivity index (χ0n) is 21.8. The van der Waals surface area contributed by atoms with Crippen molar-refractivity contribution in [3.8, 4) is 11.8 Å². The number of piperidine rings is 2. The van der Waals surface area contributed by atoms with E-state index in [1.165, 1.54) is 12.3 Å². The Morgan fingerprint density at radius 1 is 0.947 bits per heavy atom. The SMILES string of the molecule is CC.CC(C)c1ncc(OC2CCC(=O)NC2=O)nc1F.Cc1n[nH]c(OC2CCC(=O)NC2=O)cc1=O. The number of imide groups is 2. The monoisotopic (exact) mass is 534 g/mol. The molecule has 38 heavy (non-hydrogen) atoms. The van der Waals surface area contributed by atoms with E-state index in [-0.39, 0.29) is 59.9 Å². The van der Waals surface area contributed by atoms with Gasteiger partial charge in [0.05, 0.1) is 11.9 Å². The Labute approximate surface area is 217 Å². The Morgan fingerprint density at radius 2 is 1.50 bits per heavy atom. The van der Waals surface area contributed by atoms with Gasteiger partial charge in [-0.1, -0.05) is 27.7 Å². The van der Waals surface area contributed by atoms with E-state index in [1.807, 2.05) is 13.8 Å². The number of aromatic amines is 1. The van der Waals surface area contributed by atoms with Gasteiger partial charge in [-0.25, -0.2) is 5.10 Å². The Kier molecular flexibility index (Phi) is 11.0. The summed E-state index contributed by atoms with van der Waals surface area (Å²) in [5, 5.41) is 10.6. The summed E-state index contributed by atoms with van der Waals surface area (Å²) in [6, 6.07) is 1.23. The quantitative estimate of drug-likeness (QED) is 0.471. The first-order valence-electron chi connectivity index (χ1n) is 12.1. The topological polar surface area (TPSA) is 182 Å². The molecule has 0 aromatic carbocycles. The summed E-state index contributed by atoms with van der Waals surface area (Å²) in [6.07, 6.45) is 0.628. The molecule has 4 amide bonds. The molecule has 4 rings (SSSR count). The molecule has 2 atom stereocenters. The normalized spacial score (nSPS) is 18.8. The van der Waals surface area contributed by atoms with Crippen LogP contribution in [-0.2, 0) is 19.2 Å². The van der Waals surface area contributed by atoms with E-state index in [0.717, 1.165) is 0 Å². The molecule has 2 fully saturated rings. The van der Waals surface area contributed by atoms with E-state index in [2.05, 4.69) is 30.8 Å². The van der Waals surface area contributed by atoms with Crippen LogP contribution in [0.15, 0.2) is 17.1 Å². The molecule has 0 aliphatic carbocycles. The second-order valence-corrected chi connectivity index (χ2v) is 8.34. The Morgan fingerprint density at radius 3 is 1.97 bits per heavy atom. The lowest BCUT2D eigenvalue weighted by Crippen LogP contribution is -2.46. The molecule has 14 heteroatoms. The van der Waals surface area contributed by atoms with Gasteiger partial charge in [0.25, 0.3) is 11.8 Å². The molecule has 0 radical (unpaired) electrons. The molecule has 0 bridgehead atoms. The number of amides is 4. The molecule has 206 valence electrons. The highest BCUT2D eigenvalue weighted by Gasteiger charge is 2.29. The number of nitrogens with one attached hydrogen (secondary N) is 3. The summed E-state index contributed by atoms with van der Waals surface area (Å²) in [4.78, 5) is 63.6. The molecule has 2 unspecified atom stereocenters. The van der Waals surface area contributed by atoms with Crippen molar-refractivity contribution in [1.82, 2.24) is 30.8 Å². The van der Waals surface area contributed by atoms with Gasteiger partial charge in [0.1, 0.15) is 5.69 Å². The summed E-state index contributed by atoms with van der Waals surface area (Å²) in [7, 11) is 0. The Bertz CT molecular complexity index is 1230. The van der Waals surface area contributed by atoms with Gasteiger partial charge in [-0.2, -0.15) is 14.5 Å². The fourth-order valence-corrected chi connectivity index (χ4v) is 3.19. The third kappa shape index (κ3) is 8.42. The standard InChI is InChI=1S/C12H14FN3O3.C10H11N3O4.C2H6/c1-6(2)10-11(13)16-9(5-14-10)19-7-3-4-8(17)15-12(7)18;1-5-6(14)4-9(13-12-5)17-7-2-3-8(15)11-10(7)16;1-2/h5-7H,3-4H2,1-2H3,(H,15,17,18);4,7H,2-3H2,1H3,(H,13,14)(H,11,15,16);1-2H3. The van der Waals surface area contributed by atoms with Crippen molar-refractivity contribution in [3.05, 3.63) is 39.8 Å². The lowest BCUT2D eigenvalue weighted by molar-refractivity contribution is -0.140. The molecule has 4 heterocycles. The smallest absolute Gasteiger partial charge is 0.267 e. The van der Waals surface area contributed by atoms with E-state index in [9.17, 15) is 28.4 Å². The lowest BCUT2D eigenvalue weighted by Gasteiger charge is -2.21. The van der Waals surface area contributed by atoms with Crippen LogP contribution in [0.4, 0.5) is 4.39 Å². The second-order valence-electron chi connectivity index (χ2n) is 8.34. The number of carbonyl (C=O) groups is 4. The maximum atomic E-state index is 13.6. The molecular formula is C24H31FN6O7. The molecule has 2 aliphatic heterocycles. The largest absolute Gasteiger partial charge is 0.464 e. The van der Waals surface area contributed by atoms with Crippen LogP contribution in [0.25, 0.3) is 0 Å². The van der Waals surface area contributed by atoms with E-state index in [0.29, 0.717) is 12.1 Å². The minimum absolute atomic E-state index is 0.0589. The maximum absolute atomic E-state index is 13.6. The molecular weight excluding hydrogens is 503 g/mol. The molecule has 2 aromatic rings. The Balaban J connectivity index is 0.000000252. The zero-order chi connectivity index (χ0) is 28.4. The fourth-order valence-electron chi connectivity index (χ4n) is 3.19. The van der Waals surface area contributed by atoms with Crippen molar-refractivity contribution in [2.75, 3.05) is 0 Å². The first-order valence-corrected chi connectivity index (χ1v) is 12.1. The van der Waals surface area contributed by atoms with Crippen LogP contribution < -0.4 is 25.5 Å². The van der Waals surface area contributed by atoms with E-state index >= 15 is 0 Å². The van der Waals surface area contributed by atoms with Crippen LogP contribution in [0, 0.1) is 12.9 Å². The minimum atomic E-state index is -0.837. The predicted molar refractivity (Wildman–Crippen MR) is 131 cm³/mol. The van der Waals surface area contributed by atoms with Crippen LogP contribution in [0.5, 0.6) is 11.8 Å². The van der Waals surface area contributed by atoms with Gasteiger partial charge in [0.2, 0.25) is 35.0 Å². The summed E-state index contributed by atoms with van der Waals surface area (Å²) < 4.78 is 24.1. The van der Waals surface area contributed by atoms with Crippen LogP contribution in [0.2, 0.25) is 0 Å². The van der Waals surface area contributed by atoms with Crippen molar-refractivity contribution in [2.45, 2.75) is 78.4 Å². The number of hydrogen-bond donors (Lipinski definition) is 3. The number of nitrogens with zero attached hydrogens (tertiary/aromatic N) is 3. The van der Waals surface area contributed by atoms with Crippen LogP contribution >= 0.6 is 0 Å². The van der Waals surface area contributed by atoms with Crippen molar-refractivity contribution in [3.63, 3.8) is 0 Å². The summed E-state index contributed by atoms with van der Waals surface area (Å²) in [6.45, 7) is 9.16. The van der Waals surface area contributed by atoms with Gasteiger partial charge in [-0.05, 0) is 6.92 Å². The highest BCUT2D eigenvalue weighted by molar-refractivity contribution is 6.00. The number of halogens is 1. The van der Waals surface area contributed by atoms with Crippen molar-refractivity contribution in [2.24, 2.45) is 0 Å². The van der Waals surface area contributed by atoms with Crippen LogP contribution in [0.1, 0.15) is 70.7 Å². The highest BCUT2D eigenvalue weighted by atomic mass is 19.1. The van der Waals surface area contributed by atoms with Gasteiger partial charge in [-0.15, -0.1) is 0 Å². The third-order valence-electron chi connectivity index (χ3n) is 5.14. The molecule has 3 N–H and O–H groups in total. The number of hydrogen-bond acceptors (Lipinski definition) is 10. The lowest BCUT2D eigenvalue weighted by atomic mass is 10.1. The summed E-state index contributed by atoms with van der Waals surface area (Å²) in [5.74, 6) is -2.42. The number of H-pyrrole nitrogens is 1. The minimum Gasteiger partial charge on any atom is -0.464 e. The van der Waals surface area contributed by atoms with E-state index < -0.39 is 30.0 Å². The van der Waals surface area contributed by atoms with Gasteiger partial charge >= 0.3 is 0 Å². The molecule has 2 saturated heterocycles. The number of aryl methyl sites for hydroxylation is 1. The third-order valence-corrected chi connectivity index (χ3v) is 5.14. The van der Waals surface area contributed by atoms with Crippen molar-refractivity contribution >= 4 is 23.6 Å². The Hall–Kier alpha value is -4.23. The van der Waals surface area contributed by atoms with E-state index in [4.69, 9.17) is 9.47 Å². The number of aromatic nitrogens is 4. The summed E-state index contributed by atoms with van der Waals surface area (Å²) in [5.41, 5.74) is 0.294. The van der Waals surface area contributed by atoms with Crippen molar-refractivity contribution in [1.29, 1.82) is 0 Å². The predicted octanol–water partition coefficient (Wildman–Crippen LogP) is 1.21. The van der Waals surface area contributed by atoms with E-state index in [1.54, 1.807) is 20.8 Å². The van der Waals surface area contributed by atoms with Gasteiger partial charge in [0.15, 0.2) is 12.2 Å². The zero-order valence-corrected chi connectivity index (χ0v) is 21.8. The fraction of sp³-hybridized carbons (Fsp3) is 0.500. The van der Waals surface area contributed by atoms with Gasteiger partial charge in [0, 0.05) is 37.7 Å². The molecule has 2 aliphatic rings. The first-order chi connectivity index (χ1) is 18.0. The van der Waals surface area contributed by atoms with Crippen LogP contribution in [0.3, 0.4) is 0 Å². The maximum Gasteiger partial charge on any atom is 0.267 e. The van der Waals surface area contributed by atoms with Crippen molar-refractivity contribution < 1.29 is 33.0 Å².